The molecule has 0 radical (unpaired) electrons. The summed E-state index contributed by atoms with van der Waals surface area (Å²) in [7, 11) is 3.20. The van der Waals surface area contributed by atoms with Gasteiger partial charge in [-0.15, -0.1) is 0 Å². The van der Waals surface area contributed by atoms with Crippen LogP contribution in [0.5, 0.6) is 17.2 Å². The fraction of sp³-hybridized carbons (Fsp3) is 0.538. The van der Waals surface area contributed by atoms with Gasteiger partial charge < -0.3 is 19.9 Å². The molecule has 96 valence electrons. The van der Waals surface area contributed by atoms with Gasteiger partial charge in [0, 0.05) is 11.6 Å². The van der Waals surface area contributed by atoms with Gasteiger partial charge in [0.25, 0.3) is 0 Å². The molecule has 1 rings (SSSR count). The number of hydrogen-bond donors (Lipinski definition) is 1. The average molecular weight is 239 g/mol. The molecule has 1 aromatic rings. The third-order valence-corrected chi connectivity index (χ3v) is 2.47. The van der Waals surface area contributed by atoms with Gasteiger partial charge in [0.2, 0.25) is 5.75 Å². The topological polar surface area (TPSA) is 53.7 Å². The van der Waals surface area contributed by atoms with E-state index in [1.54, 1.807) is 14.2 Å². The molecule has 0 saturated heterocycles. The van der Waals surface area contributed by atoms with Crippen LogP contribution in [0.2, 0.25) is 0 Å². The Morgan fingerprint density at radius 1 is 1.18 bits per heavy atom. The van der Waals surface area contributed by atoms with Gasteiger partial charge in [0.15, 0.2) is 11.5 Å². The highest BCUT2D eigenvalue weighted by atomic mass is 16.5. The molecule has 0 heterocycles. The van der Waals surface area contributed by atoms with Crippen molar-refractivity contribution in [3.8, 4) is 17.2 Å². The Balaban J connectivity index is 3.23. The molecule has 0 aliphatic heterocycles. The third-order valence-electron chi connectivity index (χ3n) is 2.47. The summed E-state index contributed by atoms with van der Waals surface area (Å²) in [5.74, 6) is 1.95. The molecule has 0 spiro atoms. The number of ether oxygens (including phenoxy) is 3. The van der Waals surface area contributed by atoms with E-state index >= 15 is 0 Å². The maximum absolute atomic E-state index is 5.93. The number of benzene rings is 1. The van der Waals surface area contributed by atoms with Gasteiger partial charge in [-0.05, 0) is 25.5 Å². The zero-order valence-electron chi connectivity index (χ0n) is 10.9. The molecule has 0 saturated carbocycles. The summed E-state index contributed by atoms with van der Waals surface area (Å²) in [6.07, 6.45) is 0.929. The predicted octanol–water partition coefficient (Wildman–Crippen LogP) is 2.51. The molecule has 0 aromatic heterocycles. The molecule has 0 aliphatic carbocycles. The second-order valence-electron chi connectivity index (χ2n) is 3.86. The minimum atomic E-state index is -0.110. The van der Waals surface area contributed by atoms with Gasteiger partial charge in [-0.2, -0.15) is 0 Å². The third kappa shape index (κ3) is 3.03. The fourth-order valence-electron chi connectivity index (χ4n) is 1.63. The van der Waals surface area contributed by atoms with E-state index in [9.17, 15) is 0 Å². The zero-order valence-corrected chi connectivity index (χ0v) is 10.9. The normalized spacial score (nSPS) is 12.1. The van der Waals surface area contributed by atoms with E-state index in [1.807, 2.05) is 19.1 Å². The van der Waals surface area contributed by atoms with Gasteiger partial charge in [0.1, 0.15) is 0 Å². The van der Waals surface area contributed by atoms with Crippen molar-refractivity contribution in [1.82, 2.24) is 0 Å². The number of nitrogens with two attached hydrogens (primary N) is 1. The first-order valence-electron chi connectivity index (χ1n) is 5.78. The Bertz CT molecular complexity index is 364. The Morgan fingerprint density at radius 3 is 2.35 bits per heavy atom. The smallest absolute Gasteiger partial charge is 0.203 e. The van der Waals surface area contributed by atoms with Crippen molar-refractivity contribution in [1.29, 1.82) is 0 Å². The van der Waals surface area contributed by atoms with Crippen LogP contribution in [-0.4, -0.2) is 20.8 Å². The van der Waals surface area contributed by atoms with Crippen molar-refractivity contribution < 1.29 is 14.2 Å². The van der Waals surface area contributed by atoms with E-state index in [2.05, 4.69) is 6.92 Å². The molecule has 0 bridgehead atoms. The van der Waals surface area contributed by atoms with Crippen LogP contribution in [0, 0.1) is 0 Å². The van der Waals surface area contributed by atoms with Crippen LogP contribution in [0.3, 0.4) is 0 Å². The molecule has 0 amide bonds. The van der Waals surface area contributed by atoms with Crippen molar-refractivity contribution in [2.24, 2.45) is 5.73 Å². The molecule has 0 aliphatic rings. The predicted molar refractivity (Wildman–Crippen MR) is 67.9 cm³/mol. The lowest BCUT2D eigenvalue weighted by molar-refractivity contribution is 0.280. The van der Waals surface area contributed by atoms with Crippen molar-refractivity contribution in [2.75, 3.05) is 20.8 Å². The van der Waals surface area contributed by atoms with Gasteiger partial charge in [-0.3, -0.25) is 0 Å². The van der Waals surface area contributed by atoms with Crippen LogP contribution in [-0.2, 0) is 0 Å². The van der Waals surface area contributed by atoms with Gasteiger partial charge >= 0.3 is 0 Å². The van der Waals surface area contributed by atoms with Gasteiger partial charge in [-0.1, -0.05) is 6.92 Å². The van der Waals surface area contributed by atoms with Crippen molar-refractivity contribution in [3.63, 3.8) is 0 Å². The largest absolute Gasteiger partial charge is 0.493 e. The molecule has 2 N–H and O–H groups in total. The van der Waals surface area contributed by atoms with Crippen molar-refractivity contribution >= 4 is 0 Å². The molecule has 4 nitrogen and oxygen atoms in total. The van der Waals surface area contributed by atoms with Crippen LogP contribution >= 0.6 is 0 Å². The lowest BCUT2D eigenvalue weighted by atomic mass is 10.1. The van der Waals surface area contributed by atoms with E-state index in [0.29, 0.717) is 23.9 Å². The van der Waals surface area contributed by atoms with E-state index in [4.69, 9.17) is 19.9 Å². The second kappa shape index (κ2) is 6.35. The van der Waals surface area contributed by atoms with Crippen molar-refractivity contribution in [3.05, 3.63) is 17.7 Å². The molecular weight excluding hydrogens is 218 g/mol. The summed E-state index contributed by atoms with van der Waals surface area (Å²) in [5, 5.41) is 0. The summed E-state index contributed by atoms with van der Waals surface area (Å²) in [6.45, 7) is 4.60. The fourth-order valence-corrected chi connectivity index (χ4v) is 1.63. The Labute approximate surface area is 103 Å². The monoisotopic (exact) mass is 239 g/mol. The lowest BCUT2D eigenvalue weighted by Crippen LogP contribution is -2.10. The minimum Gasteiger partial charge on any atom is -0.493 e. The maximum atomic E-state index is 5.93. The first kappa shape index (κ1) is 13.6. The highest BCUT2D eigenvalue weighted by Crippen LogP contribution is 2.41. The molecule has 1 atom stereocenters. The van der Waals surface area contributed by atoms with E-state index in [1.165, 1.54) is 0 Å². The Morgan fingerprint density at radius 2 is 1.88 bits per heavy atom. The molecule has 0 unspecified atom stereocenters. The highest BCUT2D eigenvalue weighted by Gasteiger charge is 2.18. The van der Waals surface area contributed by atoms with Crippen LogP contribution in [0.1, 0.15) is 31.9 Å². The molecule has 4 heteroatoms. The SMILES string of the molecule is CCCOc1c([C@H](C)N)ccc(OC)c1OC. The van der Waals surface area contributed by atoms with E-state index < -0.39 is 0 Å². The summed E-state index contributed by atoms with van der Waals surface area (Å²) in [5.41, 5.74) is 6.85. The second-order valence-corrected chi connectivity index (χ2v) is 3.86. The van der Waals surface area contributed by atoms with Crippen molar-refractivity contribution in [2.45, 2.75) is 26.3 Å². The first-order valence-corrected chi connectivity index (χ1v) is 5.78. The average Bonchev–Trinajstić information content (AvgIpc) is 2.34. The first-order chi connectivity index (χ1) is 8.15. The minimum absolute atomic E-state index is 0.110. The summed E-state index contributed by atoms with van der Waals surface area (Å²) < 4.78 is 16.3. The highest BCUT2D eigenvalue weighted by molar-refractivity contribution is 5.56. The quantitative estimate of drug-likeness (QED) is 0.828. The Hall–Kier alpha value is -1.42. The lowest BCUT2D eigenvalue weighted by Gasteiger charge is -2.18. The molecule has 1 aromatic carbocycles. The molecule has 0 fully saturated rings. The van der Waals surface area contributed by atoms with Crippen LogP contribution in [0.15, 0.2) is 12.1 Å². The van der Waals surface area contributed by atoms with Gasteiger partial charge in [0.05, 0.1) is 20.8 Å². The number of methoxy groups -OCH3 is 2. The maximum Gasteiger partial charge on any atom is 0.203 e. The summed E-state index contributed by atoms with van der Waals surface area (Å²) in [6, 6.07) is 3.65. The van der Waals surface area contributed by atoms with E-state index in [0.717, 1.165) is 12.0 Å². The van der Waals surface area contributed by atoms with E-state index in [-0.39, 0.29) is 6.04 Å². The molecule has 17 heavy (non-hydrogen) atoms. The van der Waals surface area contributed by atoms with Crippen LogP contribution < -0.4 is 19.9 Å². The van der Waals surface area contributed by atoms with Crippen LogP contribution in [0.25, 0.3) is 0 Å². The van der Waals surface area contributed by atoms with Crippen LogP contribution in [0.4, 0.5) is 0 Å². The van der Waals surface area contributed by atoms with Gasteiger partial charge in [-0.25, -0.2) is 0 Å². The zero-order chi connectivity index (χ0) is 12.8. The summed E-state index contributed by atoms with van der Waals surface area (Å²) in [4.78, 5) is 0. The Kier molecular flexibility index (Phi) is 5.10. The molecular formula is C13H21NO3. The number of rotatable bonds is 6. The number of hydrogen-bond acceptors (Lipinski definition) is 4. The summed E-state index contributed by atoms with van der Waals surface area (Å²) >= 11 is 0. The standard InChI is InChI=1S/C13H21NO3/c1-5-8-17-12-10(9(2)14)6-7-11(15-3)13(12)16-4/h6-7,9H,5,8,14H2,1-4H3/t9-/m0/s1.